The van der Waals surface area contributed by atoms with E-state index in [4.69, 9.17) is 19.2 Å². The Kier molecular flexibility index (Phi) is 5.39. The number of aromatic nitrogens is 1. The Bertz CT molecular complexity index is 1160. The number of ether oxygens (including phenoxy) is 3. The molecule has 0 fully saturated rings. The number of nitrogens with one attached hydrogen (secondary N) is 1. The molecule has 0 atom stereocenters. The summed E-state index contributed by atoms with van der Waals surface area (Å²) in [6, 6.07) is 11.1. The van der Waals surface area contributed by atoms with E-state index < -0.39 is 0 Å². The van der Waals surface area contributed by atoms with Gasteiger partial charge in [-0.05, 0) is 6.07 Å². The third kappa shape index (κ3) is 3.48. The predicted molar refractivity (Wildman–Crippen MR) is 118 cm³/mol. The Hall–Kier alpha value is -3.80. The van der Waals surface area contributed by atoms with Gasteiger partial charge < -0.3 is 19.5 Å². The molecule has 4 rings (SSSR count). The number of nitrogens with zero attached hydrogens (tertiary/aromatic N) is 1. The summed E-state index contributed by atoms with van der Waals surface area (Å²) in [4.78, 5) is 18.2. The minimum absolute atomic E-state index is 0.231. The van der Waals surface area contributed by atoms with E-state index in [-0.39, 0.29) is 5.91 Å². The Labute approximate surface area is 174 Å². The van der Waals surface area contributed by atoms with Gasteiger partial charge >= 0.3 is 0 Å². The molecule has 2 aromatic carbocycles. The van der Waals surface area contributed by atoms with Gasteiger partial charge in [-0.2, -0.15) is 0 Å². The molecule has 0 saturated carbocycles. The van der Waals surface area contributed by atoms with E-state index in [1.54, 1.807) is 12.1 Å². The van der Waals surface area contributed by atoms with Crippen LogP contribution in [0.1, 0.15) is 21.6 Å². The summed E-state index contributed by atoms with van der Waals surface area (Å²) in [5.41, 5.74) is 3.61. The zero-order valence-electron chi connectivity index (χ0n) is 17.1. The van der Waals surface area contributed by atoms with Crippen molar-refractivity contribution in [3.8, 4) is 17.2 Å². The number of benzene rings is 2. The molecule has 0 radical (unpaired) electrons. The maximum absolute atomic E-state index is 13.5. The fraction of sp³-hybridized carbons (Fsp3) is 0.167. The van der Waals surface area contributed by atoms with Crippen molar-refractivity contribution in [2.24, 2.45) is 0 Å². The monoisotopic (exact) mass is 402 g/mol. The second-order valence-corrected chi connectivity index (χ2v) is 6.72. The lowest BCUT2D eigenvalue weighted by molar-refractivity contribution is 0.102. The molecule has 1 aromatic heterocycles. The van der Waals surface area contributed by atoms with Gasteiger partial charge in [0.1, 0.15) is 0 Å². The number of fused-ring (bicyclic) bond motifs is 2. The van der Waals surface area contributed by atoms with E-state index in [1.807, 2.05) is 48.6 Å². The summed E-state index contributed by atoms with van der Waals surface area (Å²) in [6.07, 6.45) is 8.52. The van der Waals surface area contributed by atoms with Gasteiger partial charge in [-0.1, -0.05) is 42.5 Å². The SMILES string of the molecule is COc1cc(NC(=O)c2c3c(nc4ccccc24)CC=CC=C3)cc(OC)c1OC. The van der Waals surface area contributed by atoms with Crippen LogP contribution in [0.25, 0.3) is 17.0 Å². The number of rotatable bonds is 5. The molecule has 1 amide bonds. The van der Waals surface area contributed by atoms with Crippen molar-refractivity contribution in [1.82, 2.24) is 4.98 Å². The first-order chi connectivity index (χ1) is 14.7. The topological polar surface area (TPSA) is 69.7 Å². The summed E-state index contributed by atoms with van der Waals surface area (Å²) in [7, 11) is 4.62. The van der Waals surface area contributed by atoms with Crippen molar-refractivity contribution in [3.05, 3.63) is 71.4 Å². The molecule has 1 heterocycles. The largest absolute Gasteiger partial charge is 0.493 e. The normalized spacial score (nSPS) is 12.2. The average molecular weight is 402 g/mol. The van der Waals surface area contributed by atoms with E-state index in [1.165, 1.54) is 21.3 Å². The third-order valence-corrected chi connectivity index (χ3v) is 4.98. The van der Waals surface area contributed by atoms with E-state index in [0.29, 0.717) is 34.9 Å². The molecule has 1 aliphatic rings. The summed E-state index contributed by atoms with van der Waals surface area (Å²) in [5.74, 6) is 1.17. The van der Waals surface area contributed by atoms with Gasteiger partial charge in [-0.15, -0.1) is 0 Å². The van der Waals surface area contributed by atoms with Gasteiger partial charge in [0.15, 0.2) is 11.5 Å². The number of anilines is 1. The molecule has 6 nitrogen and oxygen atoms in total. The average Bonchev–Trinajstić information content (AvgIpc) is 3.01. The van der Waals surface area contributed by atoms with Gasteiger partial charge in [-0.25, -0.2) is 0 Å². The van der Waals surface area contributed by atoms with Gasteiger partial charge in [0.05, 0.1) is 38.1 Å². The van der Waals surface area contributed by atoms with Crippen LogP contribution in [-0.2, 0) is 6.42 Å². The lowest BCUT2D eigenvalue weighted by atomic mass is 9.98. The first-order valence-electron chi connectivity index (χ1n) is 9.52. The van der Waals surface area contributed by atoms with Crippen molar-refractivity contribution in [2.45, 2.75) is 6.42 Å². The third-order valence-electron chi connectivity index (χ3n) is 4.98. The number of hydrogen-bond donors (Lipinski definition) is 1. The van der Waals surface area contributed by atoms with Crippen molar-refractivity contribution >= 4 is 28.6 Å². The molecule has 0 bridgehead atoms. The molecule has 6 heteroatoms. The second-order valence-electron chi connectivity index (χ2n) is 6.72. The number of hydrogen-bond acceptors (Lipinski definition) is 5. The highest BCUT2D eigenvalue weighted by molar-refractivity contribution is 6.15. The van der Waals surface area contributed by atoms with Crippen LogP contribution in [0.4, 0.5) is 5.69 Å². The zero-order valence-corrected chi connectivity index (χ0v) is 17.1. The molecule has 1 aliphatic carbocycles. The highest BCUT2D eigenvalue weighted by Crippen LogP contribution is 2.40. The number of para-hydroxylation sites is 1. The lowest BCUT2D eigenvalue weighted by Gasteiger charge is -2.16. The molecular weight excluding hydrogens is 380 g/mol. The standard InChI is InChI=1S/C24H22N2O4/c1-28-20-13-15(14-21(29-2)23(20)30-3)25-24(27)22-16-9-5-4-6-11-18(16)26-19-12-8-7-10-17(19)22/h4-10,12-14H,11H2,1-3H3,(H,25,27). The number of amides is 1. The number of pyridine rings is 1. The maximum atomic E-state index is 13.5. The maximum Gasteiger partial charge on any atom is 0.257 e. The Morgan fingerprint density at radius 2 is 1.73 bits per heavy atom. The lowest BCUT2D eigenvalue weighted by Crippen LogP contribution is -2.16. The van der Waals surface area contributed by atoms with Crippen LogP contribution in [0.2, 0.25) is 0 Å². The number of allylic oxidation sites excluding steroid dienone is 3. The van der Waals surface area contributed by atoms with E-state index in [0.717, 1.165) is 22.2 Å². The minimum atomic E-state index is -0.231. The van der Waals surface area contributed by atoms with E-state index in [2.05, 4.69) is 5.32 Å². The van der Waals surface area contributed by atoms with Crippen molar-refractivity contribution in [1.29, 1.82) is 0 Å². The Balaban J connectivity index is 1.82. The summed E-state index contributed by atoms with van der Waals surface area (Å²) >= 11 is 0. The first-order valence-corrected chi connectivity index (χ1v) is 9.52. The Morgan fingerprint density at radius 3 is 2.43 bits per heavy atom. The van der Waals surface area contributed by atoms with Crippen LogP contribution in [0, 0.1) is 0 Å². The molecule has 152 valence electrons. The number of methoxy groups -OCH3 is 3. The molecular formula is C24H22N2O4. The van der Waals surface area contributed by atoms with E-state index >= 15 is 0 Å². The first kappa shape index (κ1) is 19.5. The van der Waals surface area contributed by atoms with Crippen LogP contribution >= 0.6 is 0 Å². The molecule has 1 N–H and O–H groups in total. The molecule has 0 spiro atoms. The summed E-state index contributed by atoms with van der Waals surface area (Å²) in [6.45, 7) is 0. The fourth-order valence-corrected chi connectivity index (χ4v) is 3.61. The van der Waals surface area contributed by atoms with Crippen LogP contribution in [0.5, 0.6) is 17.2 Å². The van der Waals surface area contributed by atoms with Crippen LogP contribution in [0.3, 0.4) is 0 Å². The van der Waals surface area contributed by atoms with Gasteiger partial charge in [-0.3, -0.25) is 9.78 Å². The number of carbonyl (C=O) groups is 1. The van der Waals surface area contributed by atoms with Crippen molar-refractivity contribution in [3.63, 3.8) is 0 Å². The van der Waals surface area contributed by atoms with Crippen molar-refractivity contribution < 1.29 is 19.0 Å². The van der Waals surface area contributed by atoms with Gasteiger partial charge in [0.2, 0.25) is 5.75 Å². The smallest absolute Gasteiger partial charge is 0.257 e. The van der Waals surface area contributed by atoms with E-state index in [9.17, 15) is 4.79 Å². The highest BCUT2D eigenvalue weighted by atomic mass is 16.5. The molecule has 0 saturated heterocycles. The Morgan fingerprint density at radius 1 is 1.00 bits per heavy atom. The molecule has 30 heavy (non-hydrogen) atoms. The highest BCUT2D eigenvalue weighted by Gasteiger charge is 2.21. The van der Waals surface area contributed by atoms with Gasteiger partial charge in [0.25, 0.3) is 5.91 Å². The summed E-state index contributed by atoms with van der Waals surface area (Å²) < 4.78 is 16.2. The van der Waals surface area contributed by atoms with Crippen LogP contribution in [-0.4, -0.2) is 32.2 Å². The van der Waals surface area contributed by atoms with Gasteiger partial charge in [0, 0.05) is 35.2 Å². The molecule has 0 unspecified atom stereocenters. The molecule has 3 aromatic rings. The second kappa shape index (κ2) is 8.29. The minimum Gasteiger partial charge on any atom is -0.493 e. The summed E-state index contributed by atoms with van der Waals surface area (Å²) in [5, 5.41) is 3.78. The number of carbonyl (C=O) groups excluding carboxylic acids is 1. The van der Waals surface area contributed by atoms with Crippen molar-refractivity contribution in [2.75, 3.05) is 26.6 Å². The predicted octanol–water partition coefficient (Wildman–Crippen LogP) is 4.64. The van der Waals surface area contributed by atoms with Crippen LogP contribution in [0.15, 0.2) is 54.6 Å². The quantitative estimate of drug-likeness (QED) is 0.673. The molecule has 0 aliphatic heterocycles. The zero-order chi connectivity index (χ0) is 21.1. The van der Waals surface area contributed by atoms with Crippen LogP contribution < -0.4 is 19.5 Å². The fourth-order valence-electron chi connectivity index (χ4n) is 3.61.